The molecule has 2 atom stereocenters. The third-order valence-electron chi connectivity index (χ3n) is 3.89. The van der Waals surface area contributed by atoms with E-state index in [1.54, 1.807) is 12.4 Å². The fourth-order valence-electron chi connectivity index (χ4n) is 2.38. The number of ether oxygens (including phenoxy) is 1. The number of hydrogen-bond donors (Lipinski definition) is 1. The van der Waals surface area contributed by atoms with Crippen LogP contribution in [0.1, 0.15) is 6.92 Å². The van der Waals surface area contributed by atoms with Crippen molar-refractivity contribution in [2.45, 2.75) is 13.0 Å². The molecule has 1 unspecified atom stereocenters. The van der Waals surface area contributed by atoms with Gasteiger partial charge in [0.05, 0.1) is 17.6 Å². The first-order chi connectivity index (χ1) is 10.7. The number of rotatable bonds is 4. The van der Waals surface area contributed by atoms with Crippen LogP contribution in [-0.4, -0.2) is 22.6 Å². The summed E-state index contributed by atoms with van der Waals surface area (Å²) in [6.07, 6.45) is 11.5. The molecular formula is C18H19N3O. The Morgan fingerprint density at radius 2 is 2.00 bits per heavy atom. The van der Waals surface area contributed by atoms with Crippen LogP contribution in [0.2, 0.25) is 0 Å². The van der Waals surface area contributed by atoms with Crippen molar-refractivity contribution in [3.8, 4) is 17.1 Å². The summed E-state index contributed by atoms with van der Waals surface area (Å²) >= 11 is 0. The summed E-state index contributed by atoms with van der Waals surface area (Å²) in [5, 5.41) is 0. The lowest BCUT2D eigenvalue weighted by molar-refractivity contribution is 0.139. The maximum Gasteiger partial charge on any atom is 0.138 e. The van der Waals surface area contributed by atoms with Gasteiger partial charge in [-0.3, -0.25) is 9.97 Å². The van der Waals surface area contributed by atoms with E-state index in [1.807, 2.05) is 48.6 Å². The van der Waals surface area contributed by atoms with Crippen LogP contribution >= 0.6 is 0 Å². The Bertz CT molecular complexity index is 679. The van der Waals surface area contributed by atoms with E-state index in [0.29, 0.717) is 6.54 Å². The predicted molar refractivity (Wildman–Crippen MR) is 87.3 cm³/mol. The number of aromatic nitrogens is 2. The Morgan fingerprint density at radius 1 is 1.14 bits per heavy atom. The zero-order valence-electron chi connectivity index (χ0n) is 12.5. The van der Waals surface area contributed by atoms with Crippen molar-refractivity contribution in [3.63, 3.8) is 0 Å². The second kappa shape index (κ2) is 6.12. The van der Waals surface area contributed by atoms with Crippen LogP contribution in [0.4, 0.5) is 0 Å². The smallest absolute Gasteiger partial charge is 0.138 e. The van der Waals surface area contributed by atoms with Gasteiger partial charge in [0.25, 0.3) is 0 Å². The van der Waals surface area contributed by atoms with Gasteiger partial charge in [0.15, 0.2) is 0 Å². The van der Waals surface area contributed by atoms with E-state index < -0.39 is 0 Å². The van der Waals surface area contributed by atoms with Crippen molar-refractivity contribution < 1.29 is 4.74 Å². The Labute approximate surface area is 130 Å². The highest BCUT2D eigenvalue weighted by Crippen LogP contribution is 2.30. The third kappa shape index (κ3) is 2.92. The van der Waals surface area contributed by atoms with Crippen molar-refractivity contribution in [1.29, 1.82) is 0 Å². The van der Waals surface area contributed by atoms with Gasteiger partial charge < -0.3 is 10.5 Å². The molecule has 0 aromatic carbocycles. The molecule has 3 rings (SSSR count). The van der Waals surface area contributed by atoms with Crippen molar-refractivity contribution in [2.24, 2.45) is 11.1 Å². The molecule has 0 saturated carbocycles. The first kappa shape index (κ1) is 14.5. The van der Waals surface area contributed by atoms with Gasteiger partial charge in [0.2, 0.25) is 0 Å². The summed E-state index contributed by atoms with van der Waals surface area (Å²) in [4.78, 5) is 8.72. The number of nitrogens with two attached hydrogens (primary N) is 1. The van der Waals surface area contributed by atoms with Crippen LogP contribution in [0.15, 0.2) is 67.0 Å². The molecule has 0 radical (unpaired) electrons. The molecule has 2 N–H and O–H groups in total. The molecule has 2 aromatic heterocycles. The zero-order valence-corrected chi connectivity index (χ0v) is 12.5. The third-order valence-corrected chi connectivity index (χ3v) is 3.89. The van der Waals surface area contributed by atoms with Crippen LogP contribution in [-0.2, 0) is 0 Å². The largest absolute Gasteiger partial charge is 0.484 e. The second-order valence-corrected chi connectivity index (χ2v) is 5.59. The first-order valence-electron chi connectivity index (χ1n) is 7.31. The number of allylic oxidation sites excluding steroid dienone is 2. The summed E-state index contributed by atoms with van der Waals surface area (Å²) in [6, 6.07) is 9.60. The highest BCUT2D eigenvalue weighted by molar-refractivity contribution is 5.54. The van der Waals surface area contributed by atoms with Gasteiger partial charge in [-0.1, -0.05) is 31.2 Å². The molecule has 2 aromatic rings. The molecule has 0 saturated heterocycles. The standard InChI is InChI=1S/C18H19N3O/c1-18(13-19)10-4-2-7-17(18)22-14-8-9-16(21-12-14)15-6-3-5-11-20-15/h2-12,17H,13,19H2,1H3/t17?,18-/m1/s1. The Balaban J connectivity index is 1.77. The van der Waals surface area contributed by atoms with Crippen LogP contribution in [0.25, 0.3) is 11.4 Å². The van der Waals surface area contributed by atoms with Gasteiger partial charge in [0.1, 0.15) is 11.9 Å². The molecule has 4 nitrogen and oxygen atoms in total. The van der Waals surface area contributed by atoms with E-state index >= 15 is 0 Å². The highest BCUT2D eigenvalue weighted by atomic mass is 16.5. The lowest BCUT2D eigenvalue weighted by Gasteiger charge is -2.34. The number of hydrogen-bond acceptors (Lipinski definition) is 4. The molecule has 4 heteroatoms. The van der Waals surface area contributed by atoms with Gasteiger partial charge in [-0.25, -0.2) is 0 Å². The van der Waals surface area contributed by atoms with E-state index in [-0.39, 0.29) is 11.5 Å². The minimum Gasteiger partial charge on any atom is -0.484 e. The zero-order chi connectivity index (χ0) is 15.4. The summed E-state index contributed by atoms with van der Waals surface area (Å²) in [5.74, 6) is 0.726. The van der Waals surface area contributed by atoms with Crippen LogP contribution in [0.5, 0.6) is 5.75 Å². The topological polar surface area (TPSA) is 61.0 Å². The molecule has 22 heavy (non-hydrogen) atoms. The van der Waals surface area contributed by atoms with E-state index in [2.05, 4.69) is 23.0 Å². The minimum atomic E-state index is -0.200. The maximum absolute atomic E-state index is 6.05. The molecule has 0 amide bonds. The van der Waals surface area contributed by atoms with E-state index in [9.17, 15) is 0 Å². The average Bonchev–Trinajstić information content (AvgIpc) is 2.58. The molecular weight excluding hydrogens is 274 g/mol. The van der Waals surface area contributed by atoms with Crippen molar-refractivity contribution in [2.75, 3.05) is 6.54 Å². The van der Waals surface area contributed by atoms with Gasteiger partial charge in [-0.2, -0.15) is 0 Å². The van der Waals surface area contributed by atoms with Crippen molar-refractivity contribution in [1.82, 2.24) is 9.97 Å². The van der Waals surface area contributed by atoms with Crippen LogP contribution < -0.4 is 10.5 Å². The van der Waals surface area contributed by atoms with Crippen molar-refractivity contribution >= 4 is 0 Å². The van der Waals surface area contributed by atoms with Gasteiger partial charge in [-0.15, -0.1) is 0 Å². The lowest BCUT2D eigenvalue weighted by atomic mass is 9.81. The monoisotopic (exact) mass is 293 g/mol. The highest BCUT2D eigenvalue weighted by Gasteiger charge is 2.32. The first-order valence-corrected chi connectivity index (χ1v) is 7.31. The molecule has 1 aliphatic rings. The van der Waals surface area contributed by atoms with Crippen LogP contribution in [0, 0.1) is 5.41 Å². The van der Waals surface area contributed by atoms with E-state index in [0.717, 1.165) is 17.1 Å². The average molecular weight is 293 g/mol. The van der Waals surface area contributed by atoms with Gasteiger partial charge in [0, 0.05) is 18.2 Å². The van der Waals surface area contributed by atoms with Gasteiger partial charge in [-0.05, 0) is 30.3 Å². The molecule has 1 aliphatic carbocycles. The fourth-order valence-corrected chi connectivity index (χ4v) is 2.38. The lowest BCUT2D eigenvalue weighted by Crippen LogP contribution is -2.41. The predicted octanol–water partition coefficient (Wildman–Crippen LogP) is 2.98. The quantitative estimate of drug-likeness (QED) is 0.941. The molecule has 2 heterocycles. The summed E-state index contributed by atoms with van der Waals surface area (Å²) < 4.78 is 6.05. The van der Waals surface area contributed by atoms with E-state index in [1.165, 1.54) is 0 Å². The molecule has 112 valence electrons. The number of nitrogens with zero attached hydrogens (tertiary/aromatic N) is 2. The summed E-state index contributed by atoms with van der Waals surface area (Å²) in [7, 11) is 0. The summed E-state index contributed by atoms with van der Waals surface area (Å²) in [6.45, 7) is 2.62. The van der Waals surface area contributed by atoms with Gasteiger partial charge >= 0.3 is 0 Å². The Hall–Kier alpha value is -2.46. The fraction of sp³-hybridized carbons (Fsp3) is 0.222. The minimum absolute atomic E-state index is 0.0926. The molecule has 0 aliphatic heterocycles. The molecule has 0 bridgehead atoms. The number of pyridine rings is 2. The normalized spacial score (nSPS) is 23.5. The molecule has 0 fully saturated rings. The second-order valence-electron chi connectivity index (χ2n) is 5.59. The Morgan fingerprint density at radius 3 is 2.68 bits per heavy atom. The van der Waals surface area contributed by atoms with Crippen LogP contribution in [0.3, 0.4) is 0 Å². The Kier molecular flexibility index (Phi) is 4.02. The van der Waals surface area contributed by atoms with Crippen molar-refractivity contribution in [3.05, 3.63) is 67.0 Å². The summed E-state index contributed by atoms with van der Waals surface area (Å²) in [5.41, 5.74) is 7.37. The van der Waals surface area contributed by atoms with E-state index in [4.69, 9.17) is 10.5 Å². The SMILES string of the molecule is C[C@]1(CN)C=CC=CC1Oc1ccc(-c2ccccn2)nc1. The molecule has 0 spiro atoms. The maximum atomic E-state index is 6.05.